The molecule has 0 bridgehead atoms. The highest BCUT2D eigenvalue weighted by Crippen LogP contribution is 2.45. The van der Waals surface area contributed by atoms with Crippen LogP contribution in [0.4, 0.5) is 5.82 Å². The van der Waals surface area contributed by atoms with Crippen LogP contribution in [0.25, 0.3) is 11.3 Å². The van der Waals surface area contributed by atoms with Crippen molar-refractivity contribution in [2.75, 3.05) is 12.4 Å². The van der Waals surface area contributed by atoms with Gasteiger partial charge in [-0.15, -0.1) is 0 Å². The van der Waals surface area contributed by atoms with Crippen LogP contribution in [0.2, 0.25) is 0 Å². The molecule has 2 atom stereocenters. The lowest BCUT2D eigenvalue weighted by atomic mass is 10.2. The minimum Gasteiger partial charge on any atom is -0.373 e. The van der Waals surface area contributed by atoms with Crippen molar-refractivity contribution in [3.63, 3.8) is 0 Å². The van der Waals surface area contributed by atoms with Crippen molar-refractivity contribution < 1.29 is 0 Å². The Bertz CT molecular complexity index is 575. The van der Waals surface area contributed by atoms with Gasteiger partial charge in [-0.1, -0.05) is 6.92 Å². The zero-order valence-electron chi connectivity index (χ0n) is 10.9. The molecule has 18 heavy (non-hydrogen) atoms. The summed E-state index contributed by atoms with van der Waals surface area (Å²) in [6.45, 7) is 2.24. The molecule has 2 heterocycles. The molecular weight excluding hydrogens is 226 g/mol. The number of nitrogens with zero attached hydrogens (tertiary/aromatic N) is 4. The van der Waals surface area contributed by atoms with Crippen LogP contribution in [0.3, 0.4) is 0 Å². The maximum Gasteiger partial charge on any atom is 0.134 e. The Morgan fingerprint density at radius 1 is 1.39 bits per heavy atom. The lowest BCUT2D eigenvalue weighted by Gasteiger charge is -2.06. The fourth-order valence-corrected chi connectivity index (χ4v) is 2.14. The summed E-state index contributed by atoms with van der Waals surface area (Å²) in [7, 11) is 3.79. The molecule has 5 nitrogen and oxygen atoms in total. The van der Waals surface area contributed by atoms with E-state index < -0.39 is 0 Å². The van der Waals surface area contributed by atoms with Gasteiger partial charge in [0.05, 0.1) is 11.9 Å². The van der Waals surface area contributed by atoms with Gasteiger partial charge in [-0.3, -0.25) is 4.68 Å². The standard InChI is InChI=1S/C13H17N5/c1-8-4-10(8)13-16-11(5-12(14-2)17-13)9-6-15-18(3)7-9/h5-8,10H,4H2,1-3H3,(H,14,16,17). The molecule has 1 aliphatic carbocycles. The van der Waals surface area contributed by atoms with E-state index in [1.54, 1.807) is 4.68 Å². The highest BCUT2D eigenvalue weighted by Gasteiger charge is 2.37. The maximum atomic E-state index is 4.67. The number of aryl methyl sites for hydroxylation is 1. The van der Waals surface area contributed by atoms with E-state index in [1.165, 1.54) is 6.42 Å². The number of aromatic nitrogens is 4. The first-order valence-electron chi connectivity index (χ1n) is 6.23. The molecule has 0 radical (unpaired) electrons. The van der Waals surface area contributed by atoms with E-state index in [0.717, 1.165) is 22.9 Å². The predicted molar refractivity (Wildman–Crippen MR) is 70.3 cm³/mol. The smallest absolute Gasteiger partial charge is 0.134 e. The quantitative estimate of drug-likeness (QED) is 0.896. The van der Waals surface area contributed by atoms with Crippen LogP contribution in [0.15, 0.2) is 18.5 Å². The summed E-state index contributed by atoms with van der Waals surface area (Å²) in [5.41, 5.74) is 1.97. The SMILES string of the molecule is CNc1cc(-c2cnn(C)c2)nc(C2CC2C)n1. The van der Waals surface area contributed by atoms with E-state index in [2.05, 4.69) is 27.3 Å². The molecule has 2 unspecified atom stereocenters. The Morgan fingerprint density at radius 3 is 2.72 bits per heavy atom. The molecule has 94 valence electrons. The Labute approximate surface area is 106 Å². The molecule has 0 saturated heterocycles. The van der Waals surface area contributed by atoms with Crippen molar-refractivity contribution in [3.05, 3.63) is 24.3 Å². The number of anilines is 1. The van der Waals surface area contributed by atoms with Crippen LogP contribution in [0, 0.1) is 5.92 Å². The zero-order valence-corrected chi connectivity index (χ0v) is 10.9. The fraction of sp³-hybridized carbons (Fsp3) is 0.462. The lowest BCUT2D eigenvalue weighted by Crippen LogP contribution is -2.01. The van der Waals surface area contributed by atoms with Crippen molar-refractivity contribution in [3.8, 4) is 11.3 Å². The van der Waals surface area contributed by atoms with Gasteiger partial charge in [-0.25, -0.2) is 9.97 Å². The van der Waals surface area contributed by atoms with Crippen molar-refractivity contribution in [1.82, 2.24) is 19.7 Å². The van der Waals surface area contributed by atoms with Crippen LogP contribution >= 0.6 is 0 Å². The highest BCUT2D eigenvalue weighted by atomic mass is 15.2. The van der Waals surface area contributed by atoms with Crippen LogP contribution in [-0.2, 0) is 7.05 Å². The third kappa shape index (κ3) is 1.96. The second kappa shape index (κ2) is 4.08. The van der Waals surface area contributed by atoms with Gasteiger partial charge in [0.25, 0.3) is 0 Å². The summed E-state index contributed by atoms with van der Waals surface area (Å²) in [6, 6.07) is 1.97. The minimum absolute atomic E-state index is 0.522. The van der Waals surface area contributed by atoms with Crippen LogP contribution in [0.1, 0.15) is 25.1 Å². The predicted octanol–water partition coefficient (Wildman–Crippen LogP) is 2.04. The van der Waals surface area contributed by atoms with Gasteiger partial charge in [-0.2, -0.15) is 5.10 Å². The Morgan fingerprint density at radius 2 is 2.17 bits per heavy atom. The van der Waals surface area contributed by atoms with Gasteiger partial charge in [0.15, 0.2) is 0 Å². The van der Waals surface area contributed by atoms with E-state index in [1.807, 2.05) is 32.6 Å². The van der Waals surface area contributed by atoms with Crippen molar-refractivity contribution in [1.29, 1.82) is 0 Å². The Hall–Kier alpha value is -1.91. The number of hydrogen-bond donors (Lipinski definition) is 1. The van der Waals surface area contributed by atoms with E-state index in [0.29, 0.717) is 11.8 Å². The summed E-state index contributed by atoms with van der Waals surface area (Å²) in [6.07, 6.45) is 5.00. The molecule has 1 saturated carbocycles. The molecule has 2 aromatic heterocycles. The average molecular weight is 243 g/mol. The second-order valence-electron chi connectivity index (χ2n) is 4.97. The topological polar surface area (TPSA) is 55.6 Å². The van der Waals surface area contributed by atoms with E-state index in [-0.39, 0.29) is 0 Å². The third-order valence-electron chi connectivity index (χ3n) is 3.44. The normalized spacial score (nSPS) is 21.9. The van der Waals surface area contributed by atoms with Crippen molar-refractivity contribution in [2.45, 2.75) is 19.3 Å². The minimum atomic E-state index is 0.522. The first-order valence-corrected chi connectivity index (χ1v) is 6.23. The molecule has 0 amide bonds. The summed E-state index contributed by atoms with van der Waals surface area (Å²) < 4.78 is 1.79. The van der Waals surface area contributed by atoms with Crippen LogP contribution in [0.5, 0.6) is 0 Å². The molecule has 0 spiro atoms. The third-order valence-corrected chi connectivity index (χ3v) is 3.44. The molecule has 1 fully saturated rings. The second-order valence-corrected chi connectivity index (χ2v) is 4.97. The molecule has 3 rings (SSSR count). The number of rotatable bonds is 3. The van der Waals surface area contributed by atoms with Crippen molar-refractivity contribution >= 4 is 5.82 Å². The van der Waals surface area contributed by atoms with Gasteiger partial charge in [-0.05, 0) is 12.3 Å². The van der Waals surface area contributed by atoms with Gasteiger partial charge in [0.2, 0.25) is 0 Å². The largest absolute Gasteiger partial charge is 0.373 e. The molecule has 1 aliphatic rings. The molecular formula is C13H17N5. The van der Waals surface area contributed by atoms with Gasteiger partial charge >= 0.3 is 0 Å². The van der Waals surface area contributed by atoms with Crippen LogP contribution in [-0.4, -0.2) is 26.8 Å². The average Bonchev–Trinajstić information content (AvgIpc) is 2.94. The first kappa shape index (κ1) is 11.2. The van der Waals surface area contributed by atoms with Crippen molar-refractivity contribution in [2.24, 2.45) is 13.0 Å². The Balaban J connectivity index is 2.03. The van der Waals surface area contributed by atoms with E-state index >= 15 is 0 Å². The summed E-state index contributed by atoms with van der Waals surface area (Å²) >= 11 is 0. The molecule has 5 heteroatoms. The molecule has 1 N–H and O–H groups in total. The zero-order chi connectivity index (χ0) is 12.7. The molecule has 2 aromatic rings. The monoisotopic (exact) mass is 243 g/mol. The fourth-order valence-electron chi connectivity index (χ4n) is 2.14. The van der Waals surface area contributed by atoms with Gasteiger partial charge < -0.3 is 5.32 Å². The first-order chi connectivity index (χ1) is 8.67. The summed E-state index contributed by atoms with van der Waals surface area (Å²) in [4.78, 5) is 9.22. The number of hydrogen-bond acceptors (Lipinski definition) is 4. The highest BCUT2D eigenvalue weighted by molar-refractivity contribution is 5.61. The van der Waals surface area contributed by atoms with Crippen LogP contribution < -0.4 is 5.32 Å². The summed E-state index contributed by atoms with van der Waals surface area (Å²) in [5, 5.41) is 7.29. The number of nitrogens with one attached hydrogen (secondary N) is 1. The lowest BCUT2D eigenvalue weighted by molar-refractivity contribution is 0.768. The molecule has 0 aliphatic heterocycles. The van der Waals surface area contributed by atoms with E-state index in [4.69, 9.17) is 0 Å². The Kier molecular flexibility index (Phi) is 2.54. The maximum absolute atomic E-state index is 4.67. The van der Waals surface area contributed by atoms with E-state index in [9.17, 15) is 0 Å². The van der Waals surface area contributed by atoms with Gasteiger partial charge in [0.1, 0.15) is 11.6 Å². The molecule has 0 aromatic carbocycles. The van der Waals surface area contributed by atoms with Gasteiger partial charge in [0, 0.05) is 37.8 Å². The summed E-state index contributed by atoms with van der Waals surface area (Å²) in [5.74, 6) is 3.05.